The Balaban J connectivity index is 2.21. The summed E-state index contributed by atoms with van der Waals surface area (Å²) in [5, 5.41) is 2.89. The molecule has 2 aliphatic rings. The maximum absolute atomic E-state index is 12.4. The number of amides is 2. The van der Waals surface area contributed by atoms with E-state index < -0.39 is 0 Å². The molecule has 0 aromatic rings. The highest BCUT2D eigenvalue weighted by Gasteiger charge is 2.47. The van der Waals surface area contributed by atoms with Crippen LogP contribution in [0.4, 0.5) is 0 Å². The normalized spacial score (nSPS) is 27.9. The average Bonchev–Trinajstić information content (AvgIpc) is 3.12. The van der Waals surface area contributed by atoms with Gasteiger partial charge in [0.25, 0.3) is 0 Å². The van der Waals surface area contributed by atoms with E-state index in [0.29, 0.717) is 12.5 Å². The molecule has 1 heterocycles. The fourth-order valence-electron chi connectivity index (χ4n) is 2.51. The Hall–Kier alpha value is -1.50. The molecule has 1 N–H and O–H groups in total. The minimum atomic E-state index is -0.381. The number of carbonyl (C=O) groups excluding carboxylic acids is 2. The molecule has 2 atom stereocenters. The Morgan fingerprint density at radius 3 is 2.56 bits per heavy atom. The summed E-state index contributed by atoms with van der Waals surface area (Å²) in [6, 6.07) is -0.695. The fourth-order valence-corrected chi connectivity index (χ4v) is 2.51. The smallest absolute Gasteiger partial charge is 0.246 e. The highest BCUT2D eigenvalue weighted by Crippen LogP contribution is 2.35. The molecule has 1 saturated carbocycles. The van der Waals surface area contributed by atoms with E-state index in [0.717, 1.165) is 12.8 Å². The van der Waals surface area contributed by atoms with Gasteiger partial charge in [0.1, 0.15) is 12.1 Å². The summed E-state index contributed by atoms with van der Waals surface area (Å²) in [5.74, 6) is 6.16. The second kappa shape index (κ2) is 5.01. The topological polar surface area (TPSA) is 49.4 Å². The van der Waals surface area contributed by atoms with Crippen molar-refractivity contribution in [1.29, 1.82) is 0 Å². The van der Waals surface area contributed by atoms with Crippen LogP contribution >= 0.6 is 0 Å². The number of rotatable bonds is 3. The molecule has 2 rings (SSSR count). The third-order valence-electron chi connectivity index (χ3n) is 3.60. The number of carbonyl (C=O) groups is 2. The average molecular weight is 248 g/mol. The molecule has 0 aromatic carbocycles. The third kappa shape index (κ3) is 2.35. The van der Waals surface area contributed by atoms with Crippen LogP contribution in [0.2, 0.25) is 0 Å². The van der Waals surface area contributed by atoms with Gasteiger partial charge in [-0.2, -0.15) is 0 Å². The Bertz CT molecular complexity index is 415. The van der Waals surface area contributed by atoms with E-state index in [1.165, 1.54) is 0 Å². The number of hydrogen-bond donors (Lipinski definition) is 1. The molecule has 2 amide bonds. The van der Waals surface area contributed by atoms with Gasteiger partial charge in [-0.3, -0.25) is 9.59 Å². The van der Waals surface area contributed by atoms with Crippen LogP contribution in [-0.4, -0.2) is 35.3 Å². The van der Waals surface area contributed by atoms with Gasteiger partial charge < -0.3 is 10.2 Å². The molecule has 0 spiro atoms. The van der Waals surface area contributed by atoms with E-state index in [2.05, 4.69) is 17.2 Å². The number of hydrogen-bond acceptors (Lipinski definition) is 2. The quantitative estimate of drug-likeness (QED) is 0.750. The predicted molar refractivity (Wildman–Crippen MR) is 68.4 cm³/mol. The minimum absolute atomic E-state index is 0.0283. The second-order valence-electron chi connectivity index (χ2n) is 5.41. The summed E-state index contributed by atoms with van der Waals surface area (Å²) in [6.07, 6.45) is 2.08. The van der Waals surface area contributed by atoms with Gasteiger partial charge in [-0.15, -0.1) is 5.92 Å². The van der Waals surface area contributed by atoms with Crippen LogP contribution in [0.5, 0.6) is 0 Å². The van der Waals surface area contributed by atoms with Gasteiger partial charge in [-0.25, -0.2) is 0 Å². The van der Waals surface area contributed by atoms with E-state index in [-0.39, 0.29) is 29.8 Å². The maximum Gasteiger partial charge on any atom is 0.246 e. The van der Waals surface area contributed by atoms with Gasteiger partial charge in [0.2, 0.25) is 11.8 Å². The van der Waals surface area contributed by atoms with Crippen molar-refractivity contribution in [2.45, 2.75) is 45.7 Å². The molecule has 0 aromatic heterocycles. The van der Waals surface area contributed by atoms with Crippen molar-refractivity contribution in [3.05, 3.63) is 0 Å². The van der Waals surface area contributed by atoms with Crippen molar-refractivity contribution in [3.63, 3.8) is 0 Å². The van der Waals surface area contributed by atoms with Crippen LogP contribution in [0.15, 0.2) is 0 Å². The first kappa shape index (κ1) is 12.9. The molecule has 4 nitrogen and oxygen atoms in total. The molecule has 18 heavy (non-hydrogen) atoms. The number of nitrogens with one attached hydrogen (secondary N) is 1. The highest BCUT2D eigenvalue weighted by atomic mass is 16.2. The third-order valence-corrected chi connectivity index (χ3v) is 3.60. The fraction of sp³-hybridized carbons (Fsp3) is 0.714. The Morgan fingerprint density at radius 1 is 1.39 bits per heavy atom. The van der Waals surface area contributed by atoms with Crippen molar-refractivity contribution in [3.8, 4) is 11.8 Å². The zero-order valence-corrected chi connectivity index (χ0v) is 11.2. The molecule has 1 aliphatic heterocycles. The van der Waals surface area contributed by atoms with Crippen molar-refractivity contribution < 1.29 is 9.59 Å². The van der Waals surface area contributed by atoms with Crippen molar-refractivity contribution in [2.24, 2.45) is 11.8 Å². The zero-order valence-electron chi connectivity index (χ0n) is 11.2. The van der Waals surface area contributed by atoms with Crippen LogP contribution in [0.25, 0.3) is 0 Å². The zero-order chi connectivity index (χ0) is 13.3. The monoisotopic (exact) mass is 248 g/mol. The first-order chi connectivity index (χ1) is 8.56. The molecule has 98 valence electrons. The summed E-state index contributed by atoms with van der Waals surface area (Å²) >= 11 is 0. The van der Waals surface area contributed by atoms with Crippen LogP contribution in [0.1, 0.15) is 33.6 Å². The summed E-state index contributed by atoms with van der Waals surface area (Å²) in [5.41, 5.74) is 0. The van der Waals surface area contributed by atoms with Gasteiger partial charge in [-0.1, -0.05) is 19.8 Å². The van der Waals surface area contributed by atoms with Crippen LogP contribution < -0.4 is 5.32 Å². The van der Waals surface area contributed by atoms with Crippen molar-refractivity contribution >= 4 is 11.8 Å². The van der Waals surface area contributed by atoms with Gasteiger partial charge in [0.15, 0.2) is 0 Å². The van der Waals surface area contributed by atoms with E-state index in [9.17, 15) is 9.59 Å². The maximum atomic E-state index is 12.4. The molecule has 0 bridgehead atoms. The van der Waals surface area contributed by atoms with Crippen LogP contribution in [0, 0.1) is 23.7 Å². The van der Waals surface area contributed by atoms with E-state index in [1.54, 1.807) is 11.8 Å². The second-order valence-corrected chi connectivity index (χ2v) is 5.41. The molecular formula is C14H20N2O2. The first-order valence-corrected chi connectivity index (χ1v) is 6.56. The molecule has 2 fully saturated rings. The summed E-state index contributed by atoms with van der Waals surface area (Å²) in [6.45, 7) is 6.02. The van der Waals surface area contributed by atoms with Gasteiger partial charge in [0, 0.05) is 0 Å². The lowest BCUT2D eigenvalue weighted by atomic mass is 9.95. The van der Waals surface area contributed by atoms with Gasteiger partial charge >= 0.3 is 0 Å². The molecule has 4 heteroatoms. The predicted octanol–water partition coefficient (Wildman–Crippen LogP) is 0.771. The highest BCUT2D eigenvalue weighted by molar-refractivity contribution is 5.97. The Morgan fingerprint density at radius 2 is 2.06 bits per heavy atom. The summed E-state index contributed by atoms with van der Waals surface area (Å²) in [7, 11) is 0. The number of piperazine rings is 1. The van der Waals surface area contributed by atoms with Crippen LogP contribution in [-0.2, 0) is 9.59 Å². The van der Waals surface area contributed by atoms with Crippen molar-refractivity contribution in [2.75, 3.05) is 6.54 Å². The largest absolute Gasteiger partial charge is 0.342 e. The van der Waals surface area contributed by atoms with E-state index in [4.69, 9.17) is 0 Å². The summed E-state index contributed by atoms with van der Waals surface area (Å²) < 4.78 is 0. The molecule has 1 saturated heterocycles. The standard InChI is InChI=1S/C14H20N2O2/c1-4-5-8-16-12(9(2)3)13(17)15-11(14(16)18)10-6-7-10/h9-12H,6-8H2,1-3H3,(H,15,17). The van der Waals surface area contributed by atoms with Crippen LogP contribution in [0.3, 0.4) is 0 Å². The van der Waals surface area contributed by atoms with E-state index >= 15 is 0 Å². The SMILES string of the molecule is CC#CCN1C(=O)C(C2CC2)NC(=O)C1C(C)C. The van der Waals surface area contributed by atoms with Gasteiger partial charge in [0.05, 0.1) is 6.54 Å². The molecule has 1 aliphatic carbocycles. The summed E-state index contributed by atoms with van der Waals surface area (Å²) in [4.78, 5) is 26.2. The lowest BCUT2D eigenvalue weighted by Gasteiger charge is -2.40. The number of nitrogens with zero attached hydrogens (tertiary/aromatic N) is 1. The molecule has 0 radical (unpaired) electrons. The van der Waals surface area contributed by atoms with E-state index in [1.807, 2.05) is 13.8 Å². The first-order valence-electron chi connectivity index (χ1n) is 6.56. The molecular weight excluding hydrogens is 228 g/mol. The van der Waals surface area contributed by atoms with Gasteiger partial charge in [-0.05, 0) is 31.6 Å². The Labute approximate surface area is 108 Å². The lowest BCUT2D eigenvalue weighted by molar-refractivity contribution is -0.150. The Kier molecular flexibility index (Phi) is 3.60. The minimum Gasteiger partial charge on any atom is -0.342 e. The lowest BCUT2D eigenvalue weighted by Crippen LogP contribution is -2.65. The van der Waals surface area contributed by atoms with Crippen molar-refractivity contribution in [1.82, 2.24) is 10.2 Å². The molecule has 2 unspecified atom stereocenters.